The minimum atomic E-state index is -0.557. The van der Waals surface area contributed by atoms with Gasteiger partial charge in [-0.1, -0.05) is 90.0 Å². The molecule has 1 atom stereocenters. The van der Waals surface area contributed by atoms with Crippen molar-refractivity contribution in [1.82, 2.24) is 0 Å². The number of carbonyl (C=O) groups is 2. The van der Waals surface area contributed by atoms with Crippen LogP contribution in [-0.4, -0.2) is 24.6 Å². The second-order valence-electron chi connectivity index (χ2n) is 8.93. The first-order chi connectivity index (χ1) is 17.1. The van der Waals surface area contributed by atoms with E-state index >= 15 is 0 Å². The molecule has 2 rings (SSSR count). The summed E-state index contributed by atoms with van der Waals surface area (Å²) in [4.78, 5) is 25.9. The average molecular weight is 483 g/mol. The number of rotatable bonds is 17. The molecule has 5 heteroatoms. The molecule has 2 aromatic rings. The Morgan fingerprint density at radius 2 is 1.26 bits per heavy atom. The van der Waals surface area contributed by atoms with Gasteiger partial charge in [0.1, 0.15) is 28.7 Å². The minimum absolute atomic E-state index is 0.145. The largest absolute Gasteiger partial charge is 0.493 e. The first-order valence-electron chi connectivity index (χ1n) is 13.3. The third-order valence-corrected chi connectivity index (χ3v) is 6.03. The summed E-state index contributed by atoms with van der Waals surface area (Å²) in [6.45, 7) is 6.92. The van der Waals surface area contributed by atoms with Crippen LogP contribution >= 0.6 is 0 Å². The predicted octanol–water partition coefficient (Wildman–Crippen LogP) is 8.16. The maximum Gasteiger partial charge on any atom is 0.347 e. The van der Waals surface area contributed by atoms with E-state index in [0.29, 0.717) is 17.9 Å². The molecular weight excluding hydrogens is 440 g/mol. The van der Waals surface area contributed by atoms with Crippen molar-refractivity contribution in [1.29, 1.82) is 0 Å². The van der Waals surface area contributed by atoms with E-state index in [1.54, 1.807) is 42.5 Å². The number of hydrogen-bond acceptors (Lipinski definition) is 5. The first-order valence-corrected chi connectivity index (χ1v) is 13.3. The molecule has 0 radical (unpaired) electrons. The molecular formula is C30H42O5. The summed E-state index contributed by atoms with van der Waals surface area (Å²) in [6, 6.07) is 13.8. The second-order valence-corrected chi connectivity index (χ2v) is 8.93. The Labute approximate surface area is 211 Å². The molecule has 0 aliphatic heterocycles. The van der Waals surface area contributed by atoms with Crippen molar-refractivity contribution in [2.75, 3.05) is 6.61 Å². The maximum absolute atomic E-state index is 13.0. The van der Waals surface area contributed by atoms with Crippen molar-refractivity contribution in [3.8, 4) is 11.5 Å². The van der Waals surface area contributed by atoms with Crippen LogP contribution in [-0.2, 0) is 4.74 Å². The first kappa shape index (κ1) is 28.4. The Hall–Kier alpha value is -2.82. The summed E-state index contributed by atoms with van der Waals surface area (Å²) in [5.41, 5.74) is 0.591. The predicted molar refractivity (Wildman–Crippen MR) is 140 cm³/mol. The molecule has 5 nitrogen and oxygen atoms in total. The van der Waals surface area contributed by atoms with Crippen LogP contribution in [0, 0.1) is 0 Å². The third-order valence-electron chi connectivity index (χ3n) is 6.03. The number of carbonyl (C=O) groups excluding carboxylic acids is 2. The summed E-state index contributed by atoms with van der Waals surface area (Å²) >= 11 is 0. The third kappa shape index (κ3) is 10.1. The van der Waals surface area contributed by atoms with E-state index in [2.05, 4.69) is 13.8 Å². The van der Waals surface area contributed by atoms with E-state index in [1.807, 2.05) is 13.0 Å². The SMILES string of the molecule is CCCCCCCCOc1ccccc1C(=O)Oc1ccccc1C(=O)OC(CC)CCCCC. The van der Waals surface area contributed by atoms with Gasteiger partial charge < -0.3 is 14.2 Å². The fourth-order valence-electron chi connectivity index (χ4n) is 3.89. The molecule has 2 aromatic carbocycles. The van der Waals surface area contributed by atoms with Crippen molar-refractivity contribution < 1.29 is 23.8 Å². The lowest BCUT2D eigenvalue weighted by atomic mass is 10.1. The number of hydrogen-bond donors (Lipinski definition) is 0. The molecule has 192 valence electrons. The molecule has 35 heavy (non-hydrogen) atoms. The normalized spacial score (nSPS) is 11.6. The van der Waals surface area contributed by atoms with Crippen LogP contribution in [0.15, 0.2) is 48.5 Å². The molecule has 0 saturated carbocycles. The molecule has 0 heterocycles. The van der Waals surface area contributed by atoms with Crippen LogP contribution in [0.1, 0.15) is 112 Å². The van der Waals surface area contributed by atoms with Gasteiger partial charge in [-0.2, -0.15) is 0 Å². The summed E-state index contributed by atoms with van der Waals surface area (Å²) in [6.07, 6.45) is 11.7. The van der Waals surface area contributed by atoms with Gasteiger partial charge in [0.15, 0.2) is 0 Å². The topological polar surface area (TPSA) is 61.8 Å². The molecule has 0 spiro atoms. The zero-order chi connectivity index (χ0) is 25.3. The van der Waals surface area contributed by atoms with Gasteiger partial charge >= 0.3 is 11.9 Å². The standard InChI is InChI=1S/C30H42O5/c1-4-7-9-10-11-17-23-33-27-21-15-13-19-25(27)30(32)35-28-22-16-14-20-26(28)29(31)34-24(6-3)18-12-8-5-2/h13-16,19-22,24H,4-12,17-18,23H2,1-3H3. The van der Waals surface area contributed by atoms with Crippen LogP contribution in [0.2, 0.25) is 0 Å². The highest BCUT2D eigenvalue weighted by Crippen LogP contribution is 2.25. The summed E-state index contributed by atoms with van der Waals surface area (Å²) in [5, 5.41) is 0. The van der Waals surface area contributed by atoms with Crippen molar-refractivity contribution in [3.63, 3.8) is 0 Å². The number of para-hydroxylation sites is 2. The molecule has 0 aliphatic rings. The summed E-state index contributed by atoms with van der Waals surface area (Å²) < 4.78 is 17.3. The molecule has 0 saturated heterocycles. The van der Waals surface area contributed by atoms with Crippen molar-refractivity contribution >= 4 is 11.9 Å². The highest BCUT2D eigenvalue weighted by molar-refractivity contribution is 5.97. The smallest absolute Gasteiger partial charge is 0.347 e. The fraction of sp³-hybridized carbons (Fsp3) is 0.533. The zero-order valence-corrected chi connectivity index (χ0v) is 21.7. The number of ether oxygens (including phenoxy) is 3. The molecule has 0 amide bonds. The van der Waals surface area contributed by atoms with Gasteiger partial charge in [0, 0.05) is 0 Å². The van der Waals surface area contributed by atoms with E-state index in [9.17, 15) is 9.59 Å². The zero-order valence-electron chi connectivity index (χ0n) is 21.7. The van der Waals surface area contributed by atoms with Crippen LogP contribution < -0.4 is 9.47 Å². The average Bonchev–Trinajstić information content (AvgIpc) is 2.88. The fourth-order valence-corrected chi connectivity index (χ4v) is 3.89. The number of esters is 2. The molecule has 0 aromatic heterocycles. The number of unbranched alkanes of at least 4 members (excludes halogenated alkanes) is 7. The monoisotopic (exact) mass is 482 g/mol. The molecule has 0 fully saturated rings. The van der Waals surface area contributed by atoms with E-state index in [-0.39, 0.29) is 17.4 Å². The van der Waals surface area contributed by atoms with Gasteiger partial charge in [0.25, 0.3) is 0 Å². The summed E-state index contributed by atoms with van der Waals surface area (Å²) in [7, 11) is 0. The quantitative estimate of drug-likeness (QED) is 0.129. The van der Waals surface area contributed by atoms with E-state index < -0.39 is 11.9 Å². The lowest BCUT2D eigenvalue weighted by molar-refractivity contribution is 0.0263. The Balaban J connectivity index is 2.00. The van der Waals surface area contributed by atoms with Gasteiger partial charge in [-0.25, -0.2) is 9.59 Å². The van der Waals surface area contributed by atoms with E-state index in [0.717, 1.165) is 44.9 Å². The molecule has 0 aliphatic carbocycles. The van der Waals surface area contributed by atoms with Gasteiger partial charge in [0.2, 0.25) is 0 Å². The van der Waals surface area contributed by atoms with Gasteiger partial charge in [-0.15, -0.1) is 0 Å². The molecule has 0 N–H and O–H groups in total. The van der Waals surface area contributed by atoms with Crippen molar-refractivity contribution in [2.24, 2.45) is 0 Å². The van der Waals surface area contributed by atoms with Crippen molar-refractivity contribution in [3.05, 3.63) is 59.7 Å². The minimum Gasteiger partial charge on any atom is -0.493 e. The van der Waals surface area contributed by atoms with Gasteiger partial charge in [-0.05, 0) is 49.9 Å². The van der Waals surface area contributed by atoms with Crippen LogP contribution in [0.4, 0.5) is 0 Å². The van der Waals surface area contributed by atoms with Crippen LogP contribution in [0.3, 0.4) is 0 Å². The maximum atomic E-state index is 13.0. The van der Waals surface area contributed by atoms with Crippen LogP contribution in [0.5, 0.6) is 11.5 Å². The highest BCUT2D eigenvalue weighted by atomic mass is 16.6. The Bertz CT molecular complexity index is 892. The Morgan fingerprint density at radius 1 is 0.686 bits per heavy atom. The van der Waals surface area contributed by atoms with Gasteiger partial charge in [0.05, 0.1) is 6.61 Å². The van der Waals surface area contributed by atoms with E-state index in [4.69, 9.17) is 14.2 Å². The van der Waals surface area contributed by atoms with Crippen molar-refractivity contribution in [2.45, 2.75) is 97.5 Å². The lowest BCUT2D eigenvalue weighted by Gasteiger charge is -2.17. The van der Waals surface area contributed by atoms with Crippen LogP contribution in [0.25, 0.3) is 0 Å². The van der Waals surface area contributed by atoms with Gasteiger partial charge in [-0.3, -0.25) is 0 Å². The Kier molecular flexibility index (Phi) is 13.6. The lowest BCUT2D eigenvalue weighted by Crippen LogP contribution is -2.19. The number of benzene rings is 2. The second kappa shape index (κ2) is 16.7. The highest BCUT2D eigenvalue weighted by Gasteiger charge is 2.21. The summed E-state index contributed by atoms with van der Waals surface area (Å²) in [5.74, 6) is -0.340. The molecule has 1 unspecified atom stereocenters. The molecule has 0 bridgehead atoms. The van der Waals surface area contributed by atoms with E-state index in [1.165, 1.54) is 25.7 Å². The Morgan fingerprint density at radius 3 is 1.94 bits per heavy atom.